The fourth-order valence-corrected chi connectivity index (χ4v) is 1.81. The van der Waals surface area contributed by atoms with Gasteiger partial charge in [-0.05, 0) is 61.6 Å². The van der Waals surface area contributed by atoms with Gasteiger partial charge in [-0.1, -0.05) is 0 Å². The number of esters is 1. The van der Waals surface area contributed by atoms with Gasteiger partial charge in [0.2, 0.25) is 0 Å². The van der Waals surface area contributed by atoms with Gasteiger partial charge >= 0.3 is 13.1 Å². The smallest absolute Gasteiger partial charge is 0.458 e. The summed E-state index contributed by atoms with van der Waals surface area (Å²) in [6.45, 7) is 15.0. The van der Waals surface area contributed by atoms with Gasteiger partial charge in [-0.2, -0.15) is 0 Å². The third-order valence-corrected chi connectivity index (χ3v) is 3.91. The lowest BCUT2D eigenvalue weighted by Gasteiger charge is -2.32. The van der Waals surface area contributed by atoms with Crippen LogP contribution in [0, 0.1) is 0 Å². The molecule has 0 radical (unpaired) electrons. The van der Waals surface area contributed by atoms with E-state index < -0.39 is 30.0 Å². The Morgan fingerprint density at radius 3 is 2.09 bits per heavy atom. The molecule has 2 N–H and O–H groups in total. The predicted molar refractivity (Wildman–Crippen MR) is 92.2 cm³/mol. The standard InChI is InChI=1S/C16H29BN2O4/c1-11(13(20)21-14(2,3)4)19-10-12(9-18)17-22-15(5,6)16(7,8)23-17/h9-11H,18H2,1-8H3. The van der Waals surface area contributed by atoms with Gasteiger partial charge < -0.3 is 19.8 Å². The quantitative estimate of drug-likeness (QED) is 0.487. The average Bonchev–Trinajstić information content (AvgIpc) is 2.56. The van der Waals surface area contributed by atoms with Crippen molar-refractivity contribution in [1.29, 1.82) is 0 Å². The van der Waals surface area contributed by atoms with Crippen molar-refractivity contribution in [1.82, 2.24) is 0 Å². The van der Waals surface area contributed by atoms with Gasteiger partial charge in [0.05, 0.1) is 11.2 Å². The Morgan fingerprint density at radius 1 is 1.22 bits per heavy atom. The summed E-state index contributed by atoms with van der Waals surface area (Å²) in [6.07, 6.45) is 2.89. The second-order valence-electron chi connectivity index (χ2n) is 7.74. The van der Waals surface area contributed by atoms with Gasteiger partial charge in [0.25, 0.3) is 0 Å². The zero-order valence-corrected chi connectivity index (χ0v) is 15.5. The van der Waals surface area contributed by atoms with Crippen LogP contribution in [0.15, 0.2) is 16.7 Å². The molecule has 130 valence electrons. The van der Waals surface area contributed by atoms with Crippen LogP contribution in [-0.2, 0) is 18.8 Å². The van der Waals surface area contributed by atoms with Crippen molar-refractivity contribution < 1.29 is 18.8 Å². The first kappa shape index (κ1) is 19.7. The monoisotopic (exact) mass is 324 g/mol. The minimum atomic E-state index is -0.633. The van der Waals surface area contributed by atoms with Crippen molar-refractivity contribution in [2.75, 3.05) is 0 Å². The van der Waals surface area contributed by atoms with Crippen LogP contribution in [0.1, 0.15) is 55.4 Å². The van der Waals surface area contributed by atoms with E-state index in [-0.39, 0.29) is 5.97 Å². The lowest BCUT2D eigenvalue weighted by Crippen LogP contribution is -2.41. The summed E-state index contributed by atoms with van der Waals surface area (Å²) in [5.74, 6) is -0.390. The number of carbonyl (C=O) groups is 1. The lowest BCUT2D eigenvalue weighted by molar-refractivity contribution is -0.155. The van der Waals surface area contributed by atoms with Crippen molar-refractivity contribution in [3.8, 4) is 0 Å². The molecule has 1 saturated heterocycles. The number of rotatable bonds is 4. The zero-order chi connectivity index (χ0) is 18.1. The number of hydrogen-bond acceptors (Lipinski definition) is 6. The number of allylic oxidation sites excluding steroid dienone is 1. The van der Waals surface area contributed by atoms with Gasteiger partial charge in [0.15, 0.2) is 0 Å². The molecule has 0 saturated carbocycles. The summed E-state index contributed by atoms with van der Waals surface area (Å²) in [4.78, 5) is 16.1. The largest absolute Gasteiger partial charge is 0.497 e. The fourth-order valence-electron chi connectivity index (χ4n) is 1.81. The molecule has 7 heteroatoms. The Morgan fingerprint density at radius 2 is 1.70 bits per heavy atom. The summed E-state index contributed by atoms with van der Waals surface area (Å²) >= 11 is 0. The molecule has 0 bridgehead atoms. The maximum absolute atomic E-state index is 11.9. The highest BCUT2D eigenvalue weighted by Crippen LogP contribution is 2.38. The van der Waals surface area contributed by atoms with Crippen LogP contribution in [0.5, 0.6) is 0 Å². The van der Waals surface area contributed by atoms with E-state index in [1.54, 1.807) is 6.92 Å². The molecule has 0 spiro atoms. The Labute approximate surface area is 139 Å². The van der Waals surface area contributed by atoms with Crippen LogP contribution in [0.25, 0.3) is 0 Å². The van der Waals surface area contributed by atoms with Gasteiger partial charge in [-0.15, -0.1) is 0 Å². The number of nitrogens with two attached hydrogens (primary N) is 1. The highest BCUT2D eigenvalue weighted by atomic mass is 16.7. The molecule has 1 aliphatic rings. The Balaban J connectivity index is 2.77. The third kappa shape index (κ3) is 5.07. The number of carbonyl (C=O) groups excluding carboxylic acids is 1. The van der Waals surface area contributed by atoms with E-state index in [1.165, 1.54) is 12.4 Å². The van der Waals surface area contributed by atoms with E-state index in [0.717, 1.165) is 0 Å². The first-order valence-corrected chi connectivity index (χ1v) is 7.82. The van der Waals surface area contributed by atoms with Crippen LogP contribution in [-0.4, -0.2) is 42.1 Å². The van der Waals surface area contributed by atoms with Crippen LogP contribution >= 0.6 is 0 Å². The molecule has 1 rings (SSSR count). The molecule has 1 atom stereocenters. The third-order valence-electron chi connectivity index (χ3n) is 3.91. The fraction of sp³-hybridized carbons (Fsp3) is 0.750. The summed E-state index contributed by atoms with van der Waals surface area (Å²) in [5, 5.41) is 0. The summed E-state index contributed by atoms with van der Waals surface area (Å²) < 4.78 is 17.1. The molecule has 0 aromatic rings. The maximum atomic E-state index is 11.9. The second kappa shape index (κ2) is 6.65. The van der Waals surface area contributed by atoms with Crippen molar-refractivity contribution in [3.05, 3.63) is 11.7 Å². The normalized spacial score (nSPS) is 22.4. The molecule has 1 unspecified atom stereocenters. The lowest BCUT2D eigenvalue weighted by atomic mass is 9.79. The number of aliphatic imine (C=N–C) groups is 1. The molecular formula is C16H29BN2O4. The molecule has 6 nitrogen and oxygen atoms in total. The topological polar surface area (TPSA) is 83.1 Å². The summed E-state index contributed by atoms with van der Waals surface area (Å²) in [5.41, 5.74) is 4.77. The summed E-state index contributed by atoms with van der Waals surface area (Å²) in [6, 6.07) is -0.633. The number of nitrogens with zero attached hydrogens (tertiary/aromatic N) is 1. The molecule has 0 amide bonds. The van der Waals surface area contributed by atoms with Gasteiger partial charge in [0.1, 0.15) is 11.6 Å². The Kier molecular flexibility index (Phi) is 5.70. The van der Waals surface area contributed by atoms with Gasteiger partial charge in [-0.25, -0.2) is 4.79 Å². The van der Waals surface area contributed by atoms with E-state index in [0.29, 0.717) is 5.47 Å². The molecule has 1 heterocycles. The van der Waals surface area contributed by atoms with E-state index in [1.807, 2.05) is 48.5 Å². The zero-order valence-electron chi connectivity index (χ0n) is 15.5. The maximum Gasteiger partial charge on any atom is 0.497 e. The van der Waals surface area contributed by atoms with Gasteiger partial charge in [-0.3, -0.25) is 4.99 Å². The van der Waals surface area contributed by atoms with Crippen molar-refractivity contribution in [3.63, 3.8) is 0 Å². The van der Waals surface area contributed by atoms with Crippen LogP contribution in [0.2, 0.25) is 0 Å². The minimum Gasteiger partial charge on any atom is -0.458 e. The Bertz CT molecular complexity index is 491. The van der Waals surface area contributed by atoms with Crippen molar-refractivity contribution in [2.24, 2.45) is 10.7 Å². The molecule has 0 aliphatic carbocycles. The van der Waals surface area contributed by atoms with Crippen molar-refractivity contribution >= 4 is 19.3 Å². The first-order chi connectivity index (χ1) is 10.3. The first-order valence-electron chi connectivity index (χ1n) is 7.82. The molecular weight excluding hydrogens is 295 g/mol. The molecule has 1 aliphatic heterocycles. The molecule has 0 aromatic carbocycles. The second-order valence-corrected chi connectivity index (χ2v) is 7.74. The van der Waals surface area contributed by atoms with E-state index in [2.05, 4.69) is 4.99 Å². The Hall–Kier alpha value is -1.34. The van der Waals surface area contributed by atoms with Crippen LogP contribution < -0.4 is 5.73 Å². The number of ether oxygens (including phenoxy) is 1. The van der Waals surface area contributed by atoms with Gasteiger partial charge in [0, 0.05) is 11.7 Å². The minimum absolute atomic E-state index is 0.390. The van der Waals surface area contributed by atoms with E-state index in [9.17, 15) is 4.79 Å². The molecule has 1 fully saturated rings. The van der Waals surface area contributed by atoms with E-state index >= 15 is 0 Å². The molecule has 23 heavy (non-hydrogen) atoms. The molecule has 0 aromatic heterocycles. The van der Waals surface area contributed by atoms with E-state index in [4.69, 9.17) is 19.8 Å². The highest BCUT2D eigenvalue weighted by Gasteiger charge is 2.52. The SMILES string of the molecule is CC(N=CC(=CN)B1OC(C)(C)C(C)(C)O1)C(=O)OC(C)(C)C. The average molecular weight is 324 g/mol. The number of hydrogen-bond donors (Lipinski definition) is 1. The predicted octanol–water partition coefficient (Wildman–Crippen LogP) is 2.26. The van der Waals surface area contributed by atoms with Crippen LogP contribution in [0.4, 0.5) is 0 Å². The summed E-state index contributed by atoms with van der Waals surface area (Å²) in [7, 11) is -0.611. The van der Waals surface area contributed by atoms with Crippen LogP contribution in [0.3, 0.4) is 0 Å². The highest BCUT2D eigenvalue weighted by molar-refractivity contribution is 6.60. The van der Waals surface area contributed by atoms with Crippen molar-refractivity contribution in [2.45, 2.75) is 78.2 Å².